The van der Waals surface area contributed by atoms with E-state index in [9.17, 15) is 18.8 Å². The van der Waals surface area contributed by atoms with Crippen molar-refractivity contribution in [3.05, 3.63) is 52.1 Å². The Labute approximate surface area is 164 Å². The third-order valence-corrected chi connectivity index (χ3v) is 4.67. The number of nitrogens with zero attached hydrogens (tertiary/aromatic N) is 1. The summed E-state index contributed by atoms with van der Waals surface area (Å²) >= 11 is 0. The number of aryl methyl sites for hydroxylation is 1. The maximum Gasteiger partial charge on any atom is 0.294 e. The standard InChI is InChI=1S/C21H26FN3O3/c1-11(2)10-23-21(28)19(26)18-13(4)17(14(5)25(18)6)20(27)24-15-7-8-16(22)12(3)9-15/h7-9,11H,10H2,1-6H3,(H,23,28)(H,24,27). The van der Waals surface area contributed by atoms with Crippen LogP contribution in [0.15, 0.2) is 18.2 Å². The lowest BCUT2D eigenvalue weighted by Crippen LogP contribution is -2.34. The van der Waals surface area contributed by atoms with Crippen LogP contribution in [0.3, 0.4) is 0 Å². The van der Waals surface area contributed by atoms with Gasteiger partial charge in [0.25, 0.3) is 17.6 Å². The maximum absolute atomic E-state index is 13.4. The maximum atomic E-state index is 13.4. The van der Waals surface area contributed by atoms with Crippen molar-refractivity contribution in [2.24, 2.45) is 13.0 Å². The Bertz CT molecular complexity index is 945. The number of hydrogen-bond donors (Lipinski definition) is 2. The van der Waals surface area contributed by atoms with Crippen LogP contribution >= 0.6 is 0 Å². The van der Waals surface area contributed by atoms with Crippen molar-refractivity contribution in [1.82, 2.24) is 9.88 Å². The van der Waals surface area contributed by atoms with Gasteiger partial charge in [-0.1, -0.05) is 13.8 Å². The zero-order valence-electron chi connectivity index (χ0n) is 17.1. The Morgan fingerprint density at radius 1 is 1.14 bits per heavy atom. The van der Waals surface area contributed by atoms with Crippen LogP contribution < -0.4 is 10.6 Å². The molecule has 0 bridgehead atoms. The molecular weight excluding hydrogens is 361 g/mol. The van der Waals surface area contributed by atoms with Crippen LogP contribution in [-0.4, -0.2) is 28.7 Å². The van der Waals surface area contributed by atoms with Crippen LogP contribution in [-0.2, 0) is 11.8 Å². The van der Waals surface area contributed by atoms with Gasteiger partial charge in [0.2, 0.25) is 0 Å². The molecule has 28 heavy (non-hydrogen) atoms. The van der Waals surface area contributed by atoms with Crippen LogP contribution in [0.5, 0.6) is 0 Å². The number of ketones is 1. The average molecular weight is 387 g/mol. The second kappa shape index (κ2) is 8.37. The van der Waals surface area contributed by atoms with Crippen LogP contribution in [0.25, 0.3) is 0 Å². The summed E-state index contributed by atoms with van der Waals surface area (Å²) < 4.78 is 15.0. The third kappa shape index (κ3) is 4.30. The number of carbonyl (C=O) groups is 3. The fraction of sp³-hybridized carbons (Fsp3) is 0.381. The summed E-state index contributed by atoms with van der Waals surface area (Å²) in [6, 6.07) is 4.29. The Balaban J connectivity index is 2.32. The van der Waals surface area contributed by atoms with E-state index in [1.807, 2.05) is 13.8 Å². The van der Waals surface area contributed by atoms with E-state index >= 15 is 0 Å². The predicted octanol–water partition coefficient (Wildman–Crippen LogP) is 3.30. The van der Waals surface area contributed by atoms with Crippen LogP contribution in [0.4, 0.5) is 10.1 Å². The molecule has 1 heterocycles. The van der Waals surface area contributed by atoms with Crippen molar-refractivity contribution in [2.45, 2.75) is 34.6 Å². The first-order valence-corrected chi connectivity index (χ1v) is 9.10. The Morgan fingerprint density at radius 2 is 1.79 bits per heavy atom. The van der Waals surface area contributed by atoms with Crippen LogP contribution in [0.2, 0.25) is 0 Å². The molecule has 7 heteroatoms. The van der Waals surface area contributed by atoms with Gasteiger partial charge in [0.05, 0.1) is 11.3 Å². The summed E-state index contributed by atoms with van der Waals surface area (Å²) in [6.45, 7) is 9.22. The number of nitrogens with one attached hydrogen (secondary N) is 2. The molecule has 0 saturated carbocycles. The monoisotopic (exact) mass is 387 g/mol. The molecular formula is C21H26FN3O3. The molecule has 1 aromatic carbocycles. The summed E-state index contributed by atoms with van der Waals surface area (Å²) in [4.78, 5) is 37.6. The lowest BCUT2D eigenvalue weighted by atomic mass is 10.1. The zero-order chi connectivity index (χ0) is 21.2. The lowest BCUT2D eigenvalue weighted by molar-refractivity contribution is -0.117. The highest BCUT2D eigenvalue weighted by Crippen LogP contribution is 2.23. The number of aromatic nitrogens is 1. The van der Waals surface area contributed by atoms with E-state index in [2.05, 4.69) is 10.6 Å². The summed E-state index contributed by atoms with van der Waals surface area (Å²) in [5.41, 5.74) is 2.37. The SMILES string of the molecule is Cc1cc(NC(=O)c2c(C)c(C(=O)C(=O)NCC(C)C)n(C)c2C)ccc1F. The molecule has 0 saturated heterocycles. The Hall–Kier alpha value is -2.96. The molecule has 2 aromatic rings. The molecule has 0 unspecified atom stereocenters. The number of Topliss-reactive ketones (excluding diaryl/α,β-unsaturated/α-hetero) is 1. The predicted molar refractivity (Wildman–Crippen MR) is 106 cm³/mol. The number of benzene rings is 1. The Morgan fingerprint density at radius 3 is 2.36 bits per heavy atom. The first-order chi connectivity index (χ1) is 13.0. The zero-order valence-corrected chi connectivity index (χ0v) is 17.1. The van der Waals surface area contributed by atoms with Crippen molar-refractivity contribution in [1.29, 1.82) is 0 Å². The van der Waals surface area contributed by atoms with Gasteiger partial charge < -0.3 is 15.2 Å². The number of halogens is 1. The second-order valence-corrected chi connectivity index (χ2v) is 7.34. The summed E-state index contributed by atoms with van der Waals surface area (Å²) in [7, 11) is 1.64. The first-order valence-electron chi connectivity index (χ1n) is 9.10. The molecule has 0 fully saturated rings. The van der Waals surface area contributed by atoms with Crippen molar-refractivity contribution >= 4 is 23.3 Å². The Kier molecular flexibility index (Phi) is 6.38. The minimum atomic E-state index is -0.696. The molecule has 0 atom stereocenters. The summed E-state index contributed by atoms with van der Waals surface area (Å²) in [5.74, 6) is -1.93. The number of amides is 2. The first kappa shape index (κ1) is 21.3. The van der Waals surface area contributed by atoms with E-state index in [0.29, 0.717) is 34.6 Å². The summed E-state index contributed by atoms with van der Waals surface area (Å²) in [5, 5.41) is 5.33. The van der Waals surface area contributed by atoms with Crippen molar-refractivity contribution in [2.75, 3.05) is 11.9 Å². The van der Waals surface area contributed by atoms with E-state index in [4.69, 9.17) is 0 Å². The average Bonchev–Trinajstić information content (AvgIpc) is 2.84. The summed E-state index contributed by atoms with van der Waals surface area (Å²) in [6.07, 6.45) is 0. The highest BCUT2D eigenvalue weighted by molar-refractivity contribution is 6.43. The minimum Gasteiger partial charge on any atom is -0.349 e. The molecule has 0 radical (unpaired) electrons. The highest BCUT2D eigenvalue weighted by atomic mass is 19.1. The second-order valence-electron chi connectivity index (χ2n) is 7.34. The smallest absolute Gasteiger partial charge is 0.294 e. The van der Waals surface area contributed by atoms with Crippen LogP contribution in [0, 0.1) is 32.5 Å². The fourth-order valence-electron chi connectivity index (χ4n) is 3.03. The van der Waals surface area contributed by atoms with Gasteiger partial charge in [0.1, 0.15) is 5.82 Å². The molecule has 0 aliphatic carbocycles. The van der Waals surface area contributed by atoms with Crippen molar-refractivity contribution in [3.8, 4) is 0 Å². The number of carbonyl (C=O) groups excluding carboxylic acids is 3. The topological polar surface area (TPSA) is 80.2 Å². The largest absolute Gasteiger partial charge is 0.349 e. The van der Waals surface area contributed by atoms with Crippen molar-refractivity contribution in [3.63, 3.8) is 0 Å². The van der Waals surface area contributed by atoms with Gasteiger partial charge in [-0.2, -0.15) is 0 Å². The molecule has 0 spiro atoms. The van der Waals surface area contributed by atoms with E-state index in [1.54, 1.807) is 32.4 Å². The fourth-order valence-corrected chi connectivity index (χ4v) is 3.03. The lowest BCUT2D eigenvalue weighted by Gasteiger charge is -2.08. The van der Waals surface area contributed by atoms with Gasteiger partial charge in [-0.05, 0) is 56.0 Å². The molecule has 0 aliphatic heterocycles. The quantitative estimate of drug-likeness (QED) is 0.590. The van der Waals surface area contributed by atoms with Gasteiger partial charge in [-0.25, -0.2) is 4.39 Å². The number of hydrogen-bond acceptors (Lipinski definition) is 3. The number of rotatable bonds is 6. The van der Waals surface area contributed by atoms with Gasteiger partial charge in [-0.3, -0.25) is 14.4 Å². The molecule has 2 amide bonds. The molecule has 2 rings (SSSR count). The van der Waals surface area contributed by atoms with Gasteiger partial charge in [0.15, 0.2) is 0 Å². The van der Waals surface area contributed by atoms with Gasteiger partial charge in [-0.15, -0.1) is 0 Å². The van der Waals surface area contributed by atoms with Gasteiger partial charge in [0, 0.05) is 25.0 Å². The molecule has 150 valence electrons. The minimum absolute atomic E-state index is 0.180. The van der Waals surface area contributed by atoms with Crippen LogP contribution in [0.1, 0.15) is 51.5 Å². The highest BCUT2D eigenvalue weighted by Gasteiger charge is 2.28. The van der Waals surface area contributed by atoms with E-state index in [1.165, 1.54) is 18.2 Å². The number of anilines is 1. The van der Waals surface area contributed by atoms with E-state index in [0.717, 1.165) is 0 Å². The van der Waals surface area contributed by atoms with E-state index < -0.39 is 17.6 Å². The van der Waals surface area contributed by atoms with Crippen molar-refractivity contribution < 1.29 is 18.8 Å². The van der Waals surface area contributed by atoms with E-state index in [-0.39, 0.29) is 17.4 Å². The molecule has 0 aliphatic rings. The normalized spacial score (nSPS) is 10.9. The molecule has 6 nitrogen and oxygen atoms in total. The molecule has 1 aromatic heterocycles. The third-order valence-electron chi connectivity index (χ3n) is 4.67. The molecule has 2 N–H and O–H groups in total. The van der Waals surface area contributed by atoms with Gasteiger partial charge >= 0.3 is 0 Å².